The number of hydrazone groups is 1. The van der Waals surface area contributed by atoms with Crippen LogP contribution in [0.1, 0.15) is 152 Å². The molecule has 22 heteroatoms. The smallest absolute Gasteiger partial charge is 0.409 e. The van der Waals surface area contributed by atoms with E-state index < -0.39 is 72.7 Å². The number of nitrogens with two attached hydrogens (primary N) is 1. The third-order valence-electron chi connectivity index (χ3n) is 24.1. The van der Waals surface area contributed by atoms with Crippen molar-refractivity contribution in [2.45, 2.75) is 185 Å². The average Bonchev–Trinajstić information content (AvgIpc) is 1.43. The van der Waals surface area contributed by atoms with Crippen LogP contribution in [0.2, 0.25) is 0 Å². The van der Waals surface area contributed by atoms with Gasteiger partial charge in [-0.2, -0.15) is 5.10 Å². The number of ketones is 2. The maximum Gasteiger partial charge on any atom is 0.409 e. The van der Waals surface area contributed by atoms with E-state index in [1.165, 1.54) is 65.6 Å². The molecule has 14 rings (SSSR count). The van der Waals surface area contributed by atoms with Gasteiger partial charge in [-0.1, -0.05) is 93.9 Å². The number of fused-ring (bicyclic) bond motifs is 8. The van der Waals surface area contributed by atoms with Crippen molar-refractivity contribution in [1.82, 2.24) is 20.5 Å². The summed E-state index contributed by atoms with van der Waals surface area (Å²) in [6, 6.07) is 20.7. The highest BCUT2D eigenvalue weighted by atomic mass is 16.7. The first-order valence-corrected chi connectivity index (χ1v) is 35.4. The molecule has 11 aliphatic rings. The topological polar surface area (TPSA) is 299 Å². The van der Waals surface area contributed by atoms with E-state index in [1.807, 2.05) is 48.7 Å². The van der Waals surface area contributed by atoms with Crippen molar-refractivity contribution in [2.24, 2.45) is 62.6 Å². The Morgan fingerprint density at radius 2 is 1.56 bits per heavy atom. The van der Waals surface area contributed by atoms with Crippen molar-refractivity contribution in [3.05, 3.63) is 124 Å². The van der Waals surface area contributed by atoms with Gasteiger partial charge in [0.1, 0.15) is 30.7 Å². The molecular weight excluding hydrogens is 1250 g/mol. The number of ether oxygens (including phenoxy) is 6. The lowest BCUT2D eigenvalue weighted by Crippen LogP contribution is -2.72. The molecule has 3 heterocycles. The number of likely N-dealkylation sites (N-methyl/N-ethyl adjacent to an activating group) is 2. The summed E-state index contributed by atoms with van der Waals surface area (Å²) in [6.45, 7) is 7.91. The number of aliphatic hydroxyl groups excluding tert-OH is 3. The van der Waals surface area contributed by atoms with Gasteiger partial charge in [0.05, 0.1) is 30.5 Å². The maximum atomic E-state index is 15.2. The van der Waals surface area contributed by atoms with Gasteiger partial charge in [0.15, 0.2) is 24.3 Å². The standard InChI is InChI=1S/C76H97N7O15/c1-44(2)48-8-7-9-54-51(20-19-48)37-79-81-65(54)49-15-10-45(11-16-49)33-64(88)78-29-26-63(87)80-58-32-47(14-23-60(58)96-69-67(90)66(89)59(85)39-93-69)38-94-70(91)82(5)30-31-83(6)71(92)95-40-61(86)76-62(97-68(98-76)50-17-12-46(13-18-50)36-74-41-75(77,42-74)43-74)35-57-55-22-21-52-34-53(84)24-27-72(52,3)56(55)25-28-73(57,76)4/h10-18,23-24,27,32,34,37,44,48,51,55-57,59,62,66-69,81,85,89-90H,7-9,19-22,25-26,28-31,33,35-36,38-43,77H2,1-6H3,(H,78,88)(H,80,87)/t48?,51?,55-,56+,57+,59-,62-,66+,67-,68-,69+,72+,73+,74?,75?,76-/m1/s1. The van der Waals surface area contributed by atoms with E-state index in [2.05, 4.69) is 67.1 Å². The van der Waals surface area contributed by atoms with Gasteiger partial charge in [-0.25, -0.2) is 9.59 Å². The lowest BCUT2D eigenvalue weighted by atomic mass is 9.38. The Hall–Kier alpha value is -7.31. The fourth-order valence-electron chi connectivity index (χ4n) is 18.7. The fraction of sp³-hybridized carbons (Fsp3) is 0.592. The molecule has 3 aromatic rings. The summed E-state index contributed by atoms with van der Waals surface area (Å²) >= 11 is 0. The van der Waals surface area contributed by atoms with Crippen LogP contribution in [0.25, 0.3) is 5.70 Å². The van der Waals surface area contributed by atoms with E-state index >= 15 is 4.79 Å². The summed E-state index contributed by atoms with van der Waals surface area (Å²) in [7, 11) is 3.02. The van der Waals surface area contributed by atoms with Crippen LogP contribution in [0.4, 0.5) is 15.3 Å². The molecule has 2 unspecified atom stereocenters. The van der Waals surface area contributed by atoms with Crippen LogP contribution in [-0.4, -0.2) is 156 Å². The number of carbonyl (C=O) groups is 6. The quantitative estimate of drug-likeness (QED) is 0.0524. The minimum absolute atomic E-state index is 0.00310. The summed E-state index contributed by atoms with van der Waals surface area (Å²) < 4.78 is 37.0. The van der Waals surface area contributed by atoms with Crippen LogP contribution >= 0.6 is 0 Å². The van der Waals surface area contributed by atoms with Crippen LogP contribution in [0.15, 0.2) is 101 Å². The number of hydrogen-bond donors (Lipinski definition) is 7. The number of carbonyl (C=O) groups excluding carboxylic acids is 6. The molecule has 2 saturated heterocycles. The van der Waals surface area contributed by atoms with Crippen molar-refractivity contribution in [1.29, 1.82) is 0 Å². The predicted octanol–water partition coefficient (Wildman–Crippen LogP) is 8.75. The molecule has 526 valence electrons. The molecule has 0 aromatic heterocycles. The van der Waals surface area contributed by atoms with Crippen molar-refractivity contribution < 1.29 is 72.5 Å². The van der Waals surface area contributed by atoms with Crippen molar-refractivity contribution >= 4 is 53.2 Å². The highest BCUT2D eigenvalue weighted by Crippen LogP contribution is 2.71. The number of amides is 4. The number of anilines is 1. The zero-order valence-corrected chi connectivity index (χ0v) is 57.3. The van der Waals surface area contributed by atoms with E-state index in [-0.39, 0.29) is 103 Å². The summed E-state index contributed by atoms with van der Waals surface area (Å²) in [5.41, 5.74) is 15.6. The number of Topliss-reactive ketones (excluding diaryl/α,β-unsaturated/α-hetero) is 1. The average molecular weight is 1350 g/mol. The molecule has 14 atom stereocenters. The number of nitrogens with zero attached hydrogens (tertiary/aromatic N) is 3. The Labute approximate surface area is 573 Å². The lowest BCUT2D eigenvalue weighted by Gasteiger charge is -2.69. The highest BCUT2D eigenvalue weighted by Gasteiger charge is 2.75. The van der Waals surface area contributed by atoms with Gasteiger partial charge >= 0.3 is 12.2 Å². The van der Waals surface area contributed by atoms with Crippen LogP contribution in [0.3, 0.4) is 0 Å². The van der Waals surface area contributed by atoms with E-state index in [1.54, 1.807) is 12.1 Å². The molecule has 22 nitrogen and oxygen atoms in total. The van der Waals surface area contributed by atoms with Gasteiger partial charge in [0, 0.05) is 74.2 Å². The molecule has 3 aromatic carbocycles. The van der Waals surface area contributed by atoms with Crippen molar-refractivity contribution in [3.8, 4) is 5.75 Å². The van der Waals surface area contributed by atoms with Gasteiger partial charge in [0.25, 0.3) is 0 Å². The number of aliphatic hydroxyl groups is 3. The van der Waals surface area contributed by atoms with Gasteiger partial charge in [-0.15, -0.1) is 0 Å². The third-order valence-corrected chi connectivity index (χ3v) is 24.1. The zero-order chi connectivity index (χ0) is 69.1. The minimum atomic E-state index is -1.64. The lowest BCUT2D eigenvalue weighted by molar-refractivity contribution is -0.241. The minimum Gasteiger partial charge on any atom is -0.460 e. The Morgan fingerprint density at radius 3 is 2.30 bits per heavy atom. The van der Waals surface area contributed by atoms with Gasteiger partial charge in [0.2, 0.25) is 23.9 Å². The molecule has 0 radical (unpaired) electrons. The first kappa shape index (κ1) is 69.2. The second-order valence-electron chi connectivity index (χ2n) is 30.9. The molecule has 0 spiro atoms. The number of hydrogen-bond acceptors (Lipinski definition) is 18. The summed E-state index contributed by atoms with van der Waals surface area (Å²) in [5.74, 6) is 1.17. The van der Waals surface area contributed by atoms with E-state index in [4.69, 9.17) is 34.2 Å². The molecule has 8 N–H and O–H groups in total. The maximum absolute atomic E-state index is 15.2. The Balaban J connectivity index is 0.604. The zero-order valence-electron chi connectivity index (χ0n) is 57.3. The largest absolute Gasteiger partial charge is 0.460 e. The van der Waals surface area contributed by atoms with E-state index in [9.17, 15) is 39.3 Å². The third kappa shape index (κ3) is 13.5. The predicted molar refractivity (Wildman–Crippen MR) is 363 cm³/mol. The van der Waals surface area contributed by atoms with Gasteiger partial charge < -0.3 is 69.9 Å². The molecule has 7 saturated carbocycles. The number of allylic oxidation sites excluding steroid dienone is 5. The molecule has 3 aliphatic heterocycles. The van der Waals surface area contributed by atoms with Crippen LogP contribution in [0.5, 0.6) is 5.75 Å². The molecule has 98 heavy (non-hydrogen) atoms. The van der Waals surface area contributed by atoms with E-state index in [0.717, 1.165) is 92.5 Å². The Morgan fingerprint density at radius 1 is 0.837 bits per heavy atom. The number of rotatable bonds is 21. The number of benzene rings is 3. The van der Waals surface area contributed by atoms with Gasteiger partial charge in [-0.3, -0.25) is 24.6 Å². The van der Waals surface area contributed by atoms with Crippen LogP contribution < -0.4 is 26.5 Å². The number of nitrogens with one attached hydrogen (secondary N) is 3. The SMILES string of the molecule is CC(C)C1CCCC2=C(c3ccc(CC(=O)NCCC(=O)Nc4cc(COC(=O)N(C)CCN(C)C(=O)OCC(=O)[C@@]56O[C@H](c7ccc(CC89CC(N)(C8)C9)cc7)O[C@@H]5C[C@H]5[C@@H]7CCC8=CC(=O)C=C[C@]8(C)[C@H]7CC[C@@]56C)ccc4O[C@@H]4OC[C@@H](O)[C@H](O)[C@H]4O)cc3)NN=CC2CC1. The normalized spacial score (nSPS) is 34.1. The second-order valence-corrected chi connectivity index (χ2v) is 30.9. The molecule has 9 fully saturated rings. The van der Waals surface area contributed by atoms with Crippen LogP contribution in [-0.2, 0) is 62.3 Å². The Kier molecular flexibility index (Phi) is 19.5. The summed E-state index contributed by atoms with van der Waals surface area (Å²) in [6.07, 6.45) is 12.2. The van der Waals surface area contributed by atoms with E-state index in [0.29, 0.717) is 35.7 Å². The summed E-state index contributed by atoms with van der Waals surface area (Å²) in [5, 5.41) is 41.3. The first-order chi connectivity index (χ1) is 46.8. The highest BCUT2D eigenvalue weighted by molar-refractivity contribution is 6.01. The molecular formula is C76H97N7O15. The van der Waals surface area contributed by atoms with Crippen molar-refractivity contribution in [3.63, 3.8) is 0 Å². The van der Waals surface area contributed by atoms with Crippen molar-refractivity contribution in [2.75, 3.05) is 52.3 Å². The molecule has 4 amide bonds. The molecule has 8 aliphatic carbocycles. The summed E-state index contributed by atoms with van der Waals surface area (Å²) in [4.78, 5) is 84.4. The van der Waals surface area contributed by atoms with Gasteiger partial charge in [-0.05, 0) is 177 Å². The van der Waals surface area contributed by atoms with Crippen LogP contribution in [0, 0.1) is 51.8 Å². The Bertz CT molecular complexity index is 3660. The molecule has 2 bridgehead atoms. The fourth-order valence-corrected chi connectivity index (χ4v) is 18.7. The second kappa shape index (κ2) is 27.7. The monoisotopic (exact) mass is 1350 g/mol. The first-order valence-electron chi connectivity index (χ1n) is 35.4.